The molecule has 75 heavy (non-hydrogen) atoms. The van der Waals surface area contributed by atoms with Gasteiger partial charge in [-0.25, -0.2) is 0 Å². The molecule has 6 nitrogen and oxygen atoms in total. The topological polar surface area (TPSA) is 78.9 Å². The van der Waals surface area contributed by atoms with Crippen LogP contribution in [0.15, 0.2) is 158 Å². The van der Waals surface area contributed by atoms with E-state index < -0.39 is 6.10 Å². The van der Waals surface area contributed by atoms with Gasteiger partial charge in [0.1, 0.15) is 13.2 Å². The van der Waals surface area contributed by atoms with Gasteiger partial charge in [0.15, 0.2) is 6.10 Å². The Morgan fingerprint density at radius 2 is 0.520 bits per heavy atom. The number of carbonyl (C=O) groups is 3. The first-order valence-electron chi connectivity index (χ1n) is 30.0. The van der Waals surface area contributed by atoms with Crippen molar-refractivity contribution in [1.82, 2.24) is 0 Å². The fourth-order valence-electron chi connectivity index (χ4n) is 7.56. The number of allylic oxidation sites excluding steroid dienone is 26. The molecule has 0 aromatic rings. The minimum absolute atomic E-state index is 0.117. The minimum atomic E-state index is -0.823. The van der Waals surface area contributed by atoms with Crippen molar-refractivity contribution in [3.05, 3.63) is 158 Å². The molecule has 0 saturated heterocycles. The van der Waals surface area contributed by atoms with E-state index in [9.17, 15) is 14.4 Å². The first kappa shape index (κ1) is 70.0. The van der Waals surface area contributed by atoms with E-state index in [1.807, 2.05) is 0 Å². The molecule has 0 N–H and O–H groups in total. The summed E-state index contributed by atoms with van der Waals surface area (Å²) in [6, 6.07) is 0. The zero-order valence-corrected chi connectivity index (χ0v) is 48.0. The van der Waals surface area contributed by atoms with Crippen molar-refractivity contribution < 1.29 is 28.6 Å². The standard InChI is InChI=1S/C69H108O6/c1-4-7-10-13-16-19-22-25-28-31-33-34-36-38-41-44-47-50-53-56-59-62-68(71)74-65-66(64-73-67(70)61-58-55-52-49-46-43-40-37-30-27-24-21-18-15-12-9-6-3)75-69(72)63-60-57-54-51-48-45-42-39-35-32-29-26-23-20-17-14-11-8-5-2/h7,9-10,12,16-21,25-30,33-35,38-41,43,47,50,66H,4-6,8,11,13-15,22-24,31-32,36-37,42,44-46,48-49,51-65H2,1-3H3/b10-7-,12-9-,19-16-,20-17-,21-18-,28-25-,29-26-,30-27-,34-33-,39-35-,41-38-,43-40-,50-47-. The Morgan fingerprint density at radius 1 is 0.280 bits per heavy atom. The summed E-state index contributed by atoms with van der Waals surface area (Å²) in [6.45, 7) is 6.31. The summed E-state index contributed by atoms with van der Waals surface area (Å²) < 4.78 is 16.8. The van der Waals surface area contributed by atoms with Crippen LogP contribution in [0.2, 0.25) is 0 Å². The van der Waals surface area contributed by atoms with E-state index in [0.717, 1.165) is 154 Å². The second-order valence-electron chi connectivity index (χ2n) is 19.1. The lowest BCUT2D eigenvalue weighted by molar-refractivity contribution is -0.167. The molecule has 0 aromatic carbocycles. The van der Waals surface area contributed by atoms with Gasteiger partial charge < -0.3 is 14.2 Å². The third-order valence-electron chi connectivity index (χ3n) is 12.0. The molecular weight excluding hydrogens is 925 g/mol. The average Bonchev–Trinajstić information content (AvgIpc) is 3.41. The molecule has 0 aromatic heterocycles. The summed E-state index contributed by atoms with van der Waals surface area (Å²) >= 11 is 0. The SMILES string of the molecule is CC/C=C\C/C=C\C/C=C\C/C=C\C/C=C\C/C=C\CCCCC(=O)OCC(COC(=O)CCCCCC/C=C\C/C=C\C/C=C\C/C=C\CC)OC(=O)CCCCCCCC/C=C\C/C=C\C/C=C\CCCCC. The van der Waals surface area contributed by atoms with Crippen LogP contribution in [0.3, 0.4) is 0 Å². The minimum Gasteiger partial charge on any atom is -0.462 e. The van der Waals surface area contributed by atoms with E-state index in [-0.39, 0.29) is 37.5 Å². The molecule has 0 aliphatic carbocycles. The molecule has 0 radical (unpaired) electrons. The predicted molar refractivity (Wildman–Crippen MR) is 325 cm³/mol. The number of ether oxygens (including phenoxy) is 3. The molecule has 0 aliphatic heterocycles. The second-order valence-corrected chi connectivity index (χ2v) is 19.1. The van der Waals surface area contributed by atoms with Crippen LogP contribution in [0, 0.1) is 0 Å². The van der Waals surface area contributed by atoms with E-state index in [1.165, 1.54) is 38.5 Å². The van der Waals surface area contributed by atoms with Crippen LogP contribution >= 0.6 is 0 Å². The van der Waals surface area contributed by atoms with Crippen LogP contribution in [0.1, 0.15) is 239 Å². The largest absolute Gasteiger partial charge is 0.462 e. The monoisotopic (exact) mass is 1030 g/mol. The summed E-state index contributed by atoms with van der Waals surface area (Å²) in [5.41, 5.74) is 0. The molecule has 1 unspecified atom stereocenters. The number of unbranched alkanes of at least 4 members (excludes halogenated alkanes) is 15. The number of esters is 3. The number of rotatable bonds is 52. The Labute approximate surface area is 460 Å². The van der Waals surface area contributed by atoms with Gasteiger partial charge in [0.05, 0.1) is 0 Å². The zero-order valence-electron chi connectivity index (χ0n) is 48.0. The molecule has 6 heteroatoms. The third kappa shape index (κ3) is 59.8. The summed E-state index contributed by atoms with van der Waals surface area (Å²) in [6.07, 6.45) is 89.4. The van der Waals surface area contributed by atoms with Crippen molar-refractivity contribution in [2.75, 3.05) is 13.2 Å². The van der Waals surface area contributed by atoms with Crippen LogP contribution < -0.4 is 0 Å². The Bertz CT molecular complexity index is 1710. The predicted octanol–water partition coefficient (Wildman–Crippen LogP) is 20.5. The first-order valence-corrected chi connectivity index (χ1v) is 30.0. The van der Waals surface area contributed by atoms with Crippen LogP contribution in [0.5, 0.6) is 0 Å². The van der Waals surface area contributed by atoms with Crippen molar-refractivity contribution in [1.29, 1.82) is 0 Å². The van der Waals surface area contributed by atoms with Gasteiger partial charge in [0.25, 0.3) is 0 Å². The summed E-state index contributed by atoms with van der Waals surface area (Å²) in [4.78, 5) is 38.3. The molecular formula is C69H108O6. The number of hydrogen-bond acceptors (Lipinski definition) is 6. The average molecular weight is 1030 g/mol. The van der Waals surface area contributed by atoms with Gasteiger partial charge in [-0.2, -0.15) is 0 Å². The van der Waals surface area contributed by atoms with Gasteiger partial charge >= 0.3 is 17.9 Å². The smallest absolute Gasteiger partial charge is 0.306 e. The Hall–Kier alpha value is -4.97. The second kappa shape index (κ2) is 61.6. The third-order valence-corrected chi connectivity index (χ3v) is 12.0. The van der Waals surface area contributed by atoms with E-state index in [0.29, 0.717) is 19.3 Å². The van der Waals surface area contributed by atoms with Crippen molar-refractivity contribution in [3.63, 3.8) is 0 Å². The maximum absolute atomic E-state index is 12.9. The van der Waals surface area contributed by atoms with Gasteiger partial charge in [-0.05, 0) is 148 Å². The van der Waals surface area contributed by atoms with Gasteiger partial charge in [0.2, 0.25) is 0 Å². The van der Waals surface area contributed by atoms with Crippen LogP contribution in [0.4, 0.5) is 0 Å². The van der Waals surface area contributed by atoms with E-state index >= 15 is 0 Å². The maximum Gasteiger partial charge on any atom is 0.306 e. The van der Waals surface area contributed by atoms with E-state index in [1.54, 1.807) is 0 Å². The summed E-state index contributed by atoms with van der Waals surface area (Å²) in [5, 5.41) is 0. The lowest BCUT2D eigenvalue weighted by Crippen LogP contribution is -2.30. The van der Waals surface area contributed by atoms with Crippen molar-refractivity contribution >= 4 is 17.9 Å². The highest BCUT2D eigenvalue weighted by molar-refractivity contribution is 5.71. The molecule has 0 rings (SSSR count). The molecule has 0 saturated carbocycles. The highest BCUT2D eigenvalue weighted by Gasteiger charge is 2.19. The van der Waals surface area contributed by atoms with Crippen LogP contribution in [0.25, 0.3) is 0 Å². The highest BCUT2D eigenvalue weighted by atomic mass is 16.6. The fourth-order valence-corrected chi connectivity index (χ4v) is 7.56. The molecule has 0 amide bonds. The van der Waals surface area contributed by atoms with Gasteiger partial charge in [-0.15, -0.1) is 0 Å². The first-order chi connectivity index (χ1) is 37.0. The van der Waals surface area contributed by atoms with Gasteiger partial charge in [-0.3, -0.25) is 14.4 Å². The zero-order chi connectivity index (χ0) is 54.3. The normalized spacial score (nSPS) is 13.3. The summed E-state index contributed by atoms with van der Waals surface area (Å²) in [7, 11) is 0. The lowest BCUT2D eigenvalue weighted by Gasteiger charge is -2.18. The molecule has 0 spiro atoms. The number of hydrogen-bond donors (Lipinski definition) is 0. The van der Waals surface area contributed by atoms with Gasteiger partial charge in [0, 0.05) is 19.3 Å². The molecule has 0 aliphatic rings. The maximum atomic E-state index is 12.9. The van der Waals surface area contributed by atoms with Crippen LogP contribution in [-0.4, -0.2) is 37.2 Å². The van der Waals surface area contributed by atoms with Crippen molar-refractivity contribution in [3.8, 4) is 0 Å². The Kier molecular flexibility index (Phi) is 57.5. The van der Waals surface area contributed by atoms with Gasteiger partial charge in [-0.1, -0.05) is 230 Å². The fraction of sp³-hybridized carbons (Fsp3) is 0.580. The highest BCUT2D eigenvalue weighted by Crippen LogP contribution is 2.13. The van der Waals surface area contributed by atoms with Crippen molar-refractivity contribution in [2.24, 2.45) is 0 Å². The summed E-state index contributed by atoms with van der Waals surface area (Å²) in [5.74, 6) is -1.00. The number of carbonyl (C=O) groups excluding carboxylic acids is 3. The molecule has 1 atom stereocenters. The van der Waals surface area contributed by atoms with Crippen LogP contribution in [-0.2, 0) is 28.6 Å². The molecule has 0 bridgehead atoms. The lowest BCUT2D eigenvalue weighted by atomic mass is 10.1. The molecule has 0 fully saturated rings. The van der Waals surface area contributed by atoms with E-state index in [4.69, 9.17) is 14.2 Å². The molecule has 0 heterocycles. The Morgan fingerprint density at radius 3 is 0.840 bits per heavy atom. The van der Waals surface area contributed by atoms with E-state index in [2.05, 4.69) is 179 Å². The quantitative estimate of drug-likeness (QED) is 0.0261. The Balaban J connectivity index is 4.57. The van der Waals surface area contributed by atoms with Crippen molar-refractivity contribution in [2.45, 2.75) is 245 Å². The molecule has 420 valence electrons.